The number of nitrogens with zero attached hydrogens (tertiary/aromatic N) is 4. The molecule has 0 atom stereocenters. The molecule has 30 heavy (non-hydrogen) atoms. The van der Waals surface area contributed by atoms with Crippen LogP contribution in [0.15, 0.2) is 54.6 Å². The van der Waals surface area contributed by atoms with Crippen LogP contribution in [0.25, 0.3) is 5.69 Å². The third kappa shape index (κ3) is 3.87. The highest BCUT2D eigenvalue weighted by atomic mass is 19.1. The van der Waals surface area contributed by atoms with Crippen LogP contribution in [0.2, 0.25) is 0 Å². The minimum atomic E-state index is -0.410. The molecule has 2 heterocycles. The summed E-state index contributed by atoms with van der Waals surface area (Å²) in [5.41, 5.74) is 2.36. The number of hydrogen-bond donors (Lipinski definition) is 0. The fourth-order valence-corrected chi connectivity index (χ4v) is 3.77. The lowest BCUT2D eigenvalue weighted by atomic mass is 10.2. The van der Waals surface area contributed by atoms with Gasteiger partial charge in [0.2, 0.25) is 0 Å². The molecule has 0 N–H and O–H groups in total. The molecule has 4 rings (SSSR count). The lowest BCUT2D eigenvalue weighted by molar-refractivity contribution is 0.0737. The van der Waals surface area contributed by atoms with E-state index in [0.717, 1.165) is 11.4 Å². The fraction of sp³-hybridized carbons (Fsp3) is 0.304. The summed E-state index contributed by atoms with van der Waals surface area (Å²) >= 11 is 0. The molecular formula is C23H25FN4O2. The molecule has 0 aliphatic carbocycles. The number of piperazine rings is 1. The summed E-state index contributed by atoms with van der Waals surface area (Å²) in [4.78, 5) is 17.3. The van der Waals surface area contributed by atoms with Crippen LogP contribution in [0.4, 0.5) is 10.1 Å². The fourth-order valence-electron chi connectivity index (χ4n) is 3.77. The molecule has 0 bridgehead atoms. The van der Waals surface area contributed by atoms with Gasteiger partial charge in [0.15, 0.2) is 0 Å². The molecule has 0 radical (unpaired) electrons. The van der Waals surface area contributed by atoms with Gasteiger partial charge in [-0.15, -0.1) is 0 Å². The lowest BCUT2D eigenvalue weighted by Crippen LogP contribution is -2.49. The number of hydrogen-bond acceptors (Lipinski definition) is 4. The van der Waals surface area contributed by atoms with E-state index in [2.05, 4.69) is 10.00 Å². The van der Waals surface area contributed by atoms with Crippen molar-refractivity contribution in [3.63, 3.8) is 0 Å². The summed E-state index contributed by atoms with van der Waals surface area (Å²) < 4.78 is 21.5. The number of rotatable bonds is 5. The monoisotopic (exact) mass is 408 g/mol. The number of ether oxygens (including phenoxy) is 1. The van der Waals surface area contributed by atoms with E-state index in [0.29, 0.717) is 44.2 Å². The van der Waals surface area contributed by atoms with Gasteiger partial charge in [0, 0.05) is 26.2 Å². The van der Waals surface area contributed by atoms with E-state index in [-0.39, 0.29) is 11.6 Å². The number of aromatic nitrogens is 2. The second-order valence-corrected chi connectivity index (χ2v) is 7.21. The molecule has 1 aromatic heterocycles. The maximum absolute atomic E-state index is 14.3. The van der Waals surface area contributed by atoms with Crippen molar-refractivity contribution in [1.29, 1.82) is 0 Å². The van der Waals surface area contributed by atoms with Crippen molar-refractivity contribution in [1.82, 2.24) is 14.7 Å². The molecular weight excluding hydrogens is 383 g/mol. The molecule has 2 aromatic carbocycles. The summed E-state index contributed by atoms with van der Waals surface area (Å²) in [5.74, 6) is 0.302. The Labute approximate surface area is 175 Å². The molecule has 0 unspecified atom stereocenters. The first kappa shape index (κ1) is 19.9. The Morgan fingerprint density at radius 1 is 1.03 bits per heavy atom. The number of carbonyl (C=O) groups is 1. The first-order valence-electron chi connectivity index (χ1n) is 10.2. The Morgan fingerprint density at radius 2 is 1.70 bits per heavy atom. The van der Waals surface area contributed by atoms with Crippen molar-refractivity contribution in [2.45, 2.75) is 13.8 Å². The highest BCUT2D eigenvalue weighted by Gasteiger charge is 2.27. The van der Waals surface area contributed by atoms with Gasteiger partial charge < -0.3 is 14.5 Å². The van der Waals surface area contributed by atoms with Crippen LogP contribution in [0.3, 0.4) is 0 Å². The number of carbonyl (C=O) groups excluding carboxylic acids is 1. The average molecular weight is 408 g/mol. The lowest BCUT2D eigenvalue weighted by Gasteiger charge is -2.36. The molecule has 1 aliphatic rings. The van der Waals surface area contributed by atoms with E-state index < -0.39 is 5.82 Å². The number of para-hydroxylation sites is 3. The number of aryl methyl sites for hydroxylation is 1. The molecule has 156 valence electrons. The maximum Gasteiger partial charge on any atom is 0.272 e. The predicted octanol–water partition coefficient (Wildman–Crippen LogP) is 3.68. The first-order chi connectivity index (χ1) is 14.6. The van der Waals surface area contributed by atoms with Crippen molar-refractivity contribution < 1.29 is 13.9 Å². The van der Waals surface area contributed by atoms with Gasteiger partial charge in [-0.2, -0.15) is 5.10 Å². The predicted molar refractivity (Wildman–Crippen MR) is 114 cm³/mol. The van der Waals surface area contributed by atoms with Gasteiger partial charge in [0.05, 0.1) is 18.0 Å². The van der Waals surface area contributed by atoms with Gasteiger partial charge in [0.1, 0.15) is 22.9 Å². The highest BCUT2D eigenvalue weighted by Crippen LogP contribution is 2.29. The smallest absolute Gasteiger partial charge is 0.272 e. The molecule has 3 aromatic rings. The van der Waals surface area contributed by atoms with Gasteiger partial charge >= 0.3 is 0 Å². The molecule has 1 aliphatic heterocycles. The van der Waals surface area contributed by atoms with Crippen LogP contribution in [0.1, 0.15) is 23.1 Å². The minimum absolute atomic E-state index is 0.142. The van der Waals surface area contributed by atoms with Gasteiger partial charge in [-0.3, -0.25) is 4.79 Å². The Balaban J connectivity index is 1.52. The standard InChI is InChI=1S/C23H25FN4O2/c1-3-30-22-11-7-6-10-20(22)26-12-14-27(15-13-26)23(29)21-16-17(2)25-28(21)19-9-5-4-8-18(19)24/h4-11,16H,3,12-15H2,1-2H3. The summed E-state index contributed by atoms with van der Waals surface area (Å²) in [6.45, 7) is 6.91. The molecule has 1 fully saturated rings. The second kappa shape index (κ2) is 8.57. The van der Waals surface area contributed by atoms with Crippen LogP contribution in [-0.4, -0.2) is 53.4 Å². The van der Waals surface area contributed by atoms with E-state index >= 15 is 0 Å². The number of amides is 1. The van der Waals surface area contributed by atoms with Gasteiger partial charge in [-0.25, -0.2) is 9.07 Å². The van der Waals surface area contributed by atoms with E-state index in [1.54, 1.807) is 36.1 Å². The normalized spacial score (nSPS) is 14.1. The Morgan fingerprint density at radius 3 is 2.40 bits per heavy atom. The first-order valence-corrected chi connectivity index (χ1v) is 10.2. The quantitative estimate of drug-likeness (QED) is 0.646. The van der Waals surface area contributed by atoms with Gasteiger partial charge in [0.25, 0.3) is 5.91 Å². The van der Waals surface area contributed by atoms with Crippen molar-refractivity contribution in [3.8, 4) is 11.4 Å². The number of halogens is 1. The van der Waals surface area contributed by atoms with Crippen molar-refractivity contribution in [3.05, 3.63) is 71.8 Å². The SMILES string of the molecule is CCOc1ccccc1N1CCN(C(=O)c2cc(C)nn2-c2ccccc2F)CC1. The number of benzene rings is 2. The second-order valence-electron chi connectivity index (χ2n) is 7.21. The highest BCUT2D eigenvalue weighted by molar-refractivity contribution is 5.93. The Kier molecular flexibility index (Phi) is 5.70. The zero-order valence-electron chi connectivity index (χ0n) is 17.2. The van der Waals surface area contributed by atoms with E-state index in [4.69, 9.17) is 4.74 Å². The van der Waals surface area contributed by atoms with Crippen LogP contribution in [-0.2, 0) is 0 Å². The average Bonchev–Trinajstić information content (AvgIpc) is 3.16. The van der Waals surface area contributed by atoms with Crippen molar-refractivity contribution in [2.24, 2.45) is 0 Å². The number of anilines is 1. The summed E-state index contributed by atoms with van der Waals surface area (Å²) in [6, 6.07) is 16.0. The van der Waals surface area contributed by atoms with E-state index in [1.165, 1.54) is 10.7 Å². The molecule has 0 saturated carbocycles. The molecule has 0 spiro atoms. The summed E-state index contributed by atoms with van der Waals surface area (Å²) in [7, 11) is 0. The van der Waals surface area contributed by atoms with Gasteiger partial charge in [-0.1, -0.05) is 24.3 Å². The van der Waals surface area contributed by atoms with E-state index in [9.17, 15) is 9.18 Å². The maximum atomic E-state index is 14.3. The summed E-state index contributed by atoms with van der Waals surface area (Å²) in [5, 5.41) is 4.35. The van der Waals surface area contributed by atoms with E-state index in [1.807, 2.05) is 31.2 Å². The zero-order valence-corrected chi connectivity index (χ0v) is 17.2. The van der Waals surface area contributed by atoms with Crippen molar-refractivity contribution >= 4 is 11.6 Å². The largest absolute Gasteiger partial charge is 0.492 e. The minimum Gasteiger partial charge on any atom is -0.492 e. The van der Waals surface area contributed by atoms with Crippen LogP contribution in [0, 0.1) is 12.7 Å². The molecule has 7 heteroatoms. The Bertz CT molecular complexity index is 1040. The topological polar surface area (TPSA) is 50.6 Å². The van der Waals surface area contributed by atoms with Crippen LogP contribution < -0.4 is 9.64 Å². The van der Waals surface area contributed by atoms with Crippen LogP contribution in [0.5, 0.6) is 5.75 Å². The van der Waals surface area contributed by atoms with Crippen LogP contribution >= 0.6 is 0 Å². The zero-order chi connectivity index (χ0) is 21.1. The third-order valence-corrected chi connectivity index (χ3v) is 5.20. The Hall–Kier alpha value is -3.35. The molecule has 1 saturated heterocycles. The third-order valence-electron chi connectivity index (χ3n) is 5.20. The van der Waals surface area contributed by atoms with Gasteiger partial charge in [-0.05, 0) is 44.2 Å². The van der Waals surface area contributed by atoms with Crippen molar-refractivity contribution in [2.75, 3.05) is 37.7 Å². The summed E-state index contributed by atoms with van der Waals surface area (Å²) in [6.07, 6.45) is 0. The molecule has 6 nitrogen and oxygen atoms in total. The molecule has 1 amide bonds.